The summed E-state index contributed by atoms with van der Waals surface area (Å²) in [4.78, 5) is 26.3. The molecule has 0 saturated heterocycles. The Morgan fingerprint density at radius 3 is 2.50 bits per heavy atom. The second-order valence-corrected chi connectivity index (χ2v) is 5.25. The van der Waals surface area contributed by atoms with Crippen LogP contribution in [0.25, 0.3) is 0 Å². The molecule has 0 saturated carbocycles. The monoisotopic (exact) mass is 324 g/mol. The largest absolute Gasteiger partial charge is 0.459 e. The number of nitrogens with one attached hydrogen (secondary N) is 1. The highest BCUT2D eigenvalue weighted by Gasteiger charge is 2.16. The van der Waals surface area contributed by atoms with E-state index in [0.29, 0.717) is 24.3 Å². The molecule has 5 heteroatoms. The highest BCUT2D eigenvalue weighted by molar-refractivity contribution is 6.04. The van der Waals surface area contributed by atoms with Gasteiger partial charge >= 0.3 is 0 Å². The summed E-state index contributed by atoms with van der Waals surface area (Å²) >= 11 is 0. The van der Waals surface area contributed by atoms with Gasteiger partial charge in [-0.3, -0.25) is 9.59 Å². The maximum absolute atomic E-state index is 12.6. The molecule has 0 unspecified atom stereocenters. The van der Waals surface area contributed by atoms with Crippen LogP contribution in [0.15, 0.2) is 66.3 Å². The van der Waals surface area contributed by atoms with Crippen LogP contribution in [0.5, 0.6) is 0 Å². The van der Waals surface area contributed by atoms with E-state index in [-0.39, 0.29) is 17.6 Å². The smallest absolute Gasteiger partial charge is 0.291 e. The van der Waals surface area contributed by atoms with Crippen molar-refractivity contribution in [3.05, 3.63) is 78.8 Å². The van der Waals surface area contributed by atoms with Gasteiger partial charge in [0.2, 0.25) is 0 Å². The van der Waals surface area contributed by atoms with E-state index in [9.17, 15) is 9.59 Å². The number of anilines is 1. The average Bonchev–Trinajstić information content (AvgIpc) is 3.10. The summed E-state index contributed by atoms with van der Waals surface area (Å²) in [7, 11) is 0. The van der Waals surface area contributed by atoms with E-state index in [1.807, 2.05) is 6.92 Å². The lowest BCUT2D eigenvalue weighted by atomic mass is 10.1. The summed E-state index contributed by atoms with van der Waals surface area (Å²) in [6.07, 6.45) is 4.76. The number of hydrogen-bond donors (Lipinski definition) is 1. The molecular formula is C19H20N2O3. The lowest BCUT2D eigenvalue weighted by Gasteiger charge is -2.20. The maximum Gasteiger partial charge on any atom is 0.291 e. The van der Waals surface area contributed by atoms with E-state index in [1.165, 1.54) is 6.26 Å². The lowest BCUT2D eigenvalue weighted by molar-refractivity contribution is 0.0790. The van der Waals surface area contributed by atoms with E-state index in [2.05, 4.69) is 18.5 Å². The molecule has 0 radical (unpaired) electrons. The number of nitrogens with zero attached hydrogens (tertiary/aromatic N) is 1. The highest BCUT2D eigenvalue weighted by atomic mass is 16.3. The molecule has 1 heterocycles. The maximum atomic E-state index is 12.6. The summed E-state index contributed by atoms with van der Waals surface area (Å²) in [5.41, 5.74) is 1.91. The van der Waals surface area contributed by atoms with Crippen molar-refractivity contribution in [2.24, 2.45) is 0 Å². The van der Waals surface area contributed by atoms with Crippen LogP contribution in [-0.2, 0) is 0 Å². The summed E-state index contributed by atoms with van der Waals surface area (Å²) in [5.74, 6) is -0.295. The fraction of sp³-hybridized carbons (Fsp3) is 0.158. The molecule has 124 valence electrons. The first kappa shape index (κ1) is 17.3. The lowest BCUT2D eigenvalue weighted by Crippen LogP contribution is -2.31. The van der Waals surface area contributed by atoms with Gasteiger partial charge in [-0.05, 0) is 36.8 Å². The van der Waals surface area contributed by atoms with Crippen molar-refractivity contribution in [1.82, 2.24) is 4.90 Å². The molecule has 1 N–H and O–H groups in total. The molecule has 1 aromatic heterocycles. The predicted octanol–water partition coefficient (Wildman–Crippen LogP) is 3.65. The van der Waals surface area contributed by atoms with E-state index in [4.69, 9.17) is 4.42 Å². The molecule has 2 aromatic rings. The summed E-state index contributed by atoms with van der Waals surface area (Å²) < 4.78 is 5.08. The Morgan fingerprint density at radius 2 is 1.92 bits per heavy atom. The zero-order valence-electron chi connectivity index (χ0n) is 13.6. The minimum absolute atomic E-state index is 0.150. The molecule has 0 atom stereocenters. The average molecular weight is 324 g/mol. The number of rotatable bonds is 7. The Morgan fingerprint density at radius 1 is 1.21 bits per heavy atom. The molecule has 5 nitrogen and oxygen atoms in total. The zero-order chi connectivity index (χ0) is 17.5. The van der Waals surface area contributed by atoms with Gasteiger partial charge < -0.3 is 14.6 Å². The Kier molecular flexibility index (Phi) is 5.73. The van der Waals surface area contributed by atoms with Gasteiger partial charge in [-0.25, -0.2) is 0 Å². The molecule has 2 amide bonds. The molecule has 0 spiro atoms. The second-order valence-electron chi connectivity index (χ2n) is 5.25. The Labute approximate surface area is 141 Å². The van der Waals surface area contributed by atoms with Crippen LogP contribution >= 0.6 is 0 Å². The van der Waals surface area contributed by atoms with Gasteiger partial charge in [0.1, 0.15) is 0 Å². The van der Waals surface area contributed by atoms with Crippen LogP contribution in [0.2, 0.25) is 0 Å². The molecular weight excluding hydrogens is 304 g/mol. The number of benzene rings is 1. The van der Waals surface area contributed by atoms with Crippen molar-refractivity contribution in [2.45, 2.75) is 6.92 Å². The molecule has 2 rings (SSSR count). The SMILES string of the molecule is C=CCN(CC=C)C(=O)c1ccc(C)c(NC(=O)c2ccco2)c1. The number of carbonyl (C=O) groups is 2. The van der Waals surface area contributed by atoms with E-state index in [1.54, 1.807) is 47.4 Å². The molecule has 24 heavy (non-hydrogen) atoms. The number of aryl methyl sites for hydroxylation is 1. The van der Waals surface area contributed by atoms with Gasteiger partial charge in [-0.2, -0.15) is 0 Å². The highest BCUT2D eigenvalue weighted by Crippen LogP contribution is 2.19. The summed E-state index contributed by atoms with van der Waals surface area (Å²) in [6.45, 7) is 10.0. The third kappa shape index (κ3) is 4.01. The standard InChI is InChI=1S/C19H20N2O3/c1-4-10-21(11-5-2)19(23)15-9-8-14(3)16(13-15)20-18(22)17-7-6-12-24-17/h4-9,12-13H,1-2,10-11H2,3H3,(H,20,22). The van der Waals surface area contributed by atoms with Crippen molar-refractivity contribution >= 4 is 17.5 Å². The first-order chi connectivity index (χ1) is 11.6. The van der Waals surface area contributed by atoms with Crippen LogP contribution in [0.1, 0.15) is 26.5 Å². The fourth-order valence-electron chi connectivity index (χ4n) is 2.22. The van der Waals surface area contributed by atoms with Gasteiger partial charge in [-0.1, -0.05) is 18.2 Å². The molecule has 0 aliphatic carbocycles. The third-order valence-electron chi connectivity index (χ3n) is 3.46. The molecule has 0 bridgehead atoms. The van der Waals surface area contributed by atoms with Gasteiger partial charge in [0, 0.05) is 24.3 Å². The Balaban J connectivity index is 2.24. The Bertz CT molecular complexity index is 738. The first-order valence-corrected chi connectivity index (χ1v) is 7.53. The summed E-state index contributed by atoms with van der Waals surface area (Å²) in [6, 6.07) is 8.42. The molecule has 0 fully saturated rings. The van der Waals surface area contributed by atoms with Crippen molar-refractivity contribution < 1.29 is 14.0 Å². The molecule has 0 aliphatic rings. The van der Waals surface area contributed by atoms with Gasteiger partial charge in [0.15, 0.2) is 5.76 Å². The van der Waals surface area contributed by atoms with E-state index < -0.39 is 0 Å². The van der Waals surface area contributed by atoms with Crippen LogP contribution in [0.4, 0.5) is 5.69 Å². The Hall–Kier alpha value is -3.08. The fourth-order valence-corrected chi connectivity index (χ4v) is 2.22. The normalized spacial score (nSPS) is 10.0. The number of carbonyl (C=O) groups excluding carboxylic acids is 2. The van der Waals surface area contributed by atoms with Crippen LogP contribution < -0.4 is 5.32 Å². The summed E-state index contributed by atoms with van der Waals surface area (Å²) in [5, 5.41) is 2.77. The number of furan rings is 1. The van der Waals surface area contributed by atoms with Gasteiger partial charge in [0.25, 0.3) is 11.8 Å². The zero-order valence-corrected chi connectivity index (χ0v) is 13.6. The quantitative estimate of drug-likeness (QED) is 0.791. The van der Waals surface area contributed by atoms with Crippen molar-refractivity contribution in [2.75, 3.05) is 18.4 Å². The topological polar surface area (TPSA) is 62.6 Å². The predicted molar refractivity (Wildman–Crippen MR) is 94.1 cm³/mol. The number of hydrogen-bond acceptors (Lipinski definition) is 3. The second kappa shape index (κ2) is 7.97. The van der Waals surface area contributed by atoms with Crippen molar-refractivity contribution in [3.8, 4) is 0 Å². The minimum Gasteiger partial charge on any atom is -0.459 e. The van der Waals surface area contributed by atoms with Crippen LogP contribution in [-0.4, -0.2) is 29.8 Å². The molecule has 1 aromatic carbocycles. The van der Waals surface area contributed by atoms with Crippen molar-refractivity contribution in [1.29, 1.82) is 0 Å². The third-order valence-corrected chi connectivity index (χ3v) is 3.46. The number of amides is 2. The van der Waals surface area contributed by atoms with Crippen LogP contribution in [0, 0.1) is 6.92 Å². The van der Waals surface area contributed by atoms with Crippen LogP contribution in [0.3, 0.4) is 0 Å². The van der Waals surface area contributed by atoms with Gasteiger partial charge in [-0.15, -0.1) is 13.2 Å². The molecule has 0 aliphatic heterocycles. The van der Waals surface area contributed by atoms with Gasteiger partial charge in [0.05, 0.1) is 6.26 Å². The first-order valence-electron chi connectivity index (χ1n) is 7.53. The van der Waals surface area contributed by atoms with E-state index >= 15 is 0 Å². The minimum atomic E-state index is -0.360. The van der Waals surface area contributed by atoms with Crippen molar-refractivity contribution in [3.63, 3.8) is 0 Å². The van der Waals surface area contributed by atoms with E-state index in [0.717, 1.165) is 5.56 Å².